The van der Waals surface area contributed by atoms with Crippen molar-refractivity contribution in [2.24, 2.45) is 0 Å². The number of nitrogens with zero attached hydrogens (tertiary/aromatic N) is 2. The van der Waals surface area contributed by atoms with Crippen LogP contribution < -0.4 is 4.72 Å². The summed E-state index contributed by atoms with van der Waals surface area (Å²) in [4.78, 5) is 0. The van der Waals surface area contributed by atoms with E-state index in [4.69, 9.17) is 0 Å². The molecule has 1 N–H and O–H groups in total. The zero-order valence-electron chi connectivity index (χ0n) is 12.5. The van der Waals surface area contributed by atoms with Crippen molar-refractivity contribution in [3.63, 3.8) is 0 Å². The monoisotopic (exact) mass is 309 g/mol. The molecule has 0 saturated heterocycles. The van der Waals surface area contributed by atoms with Crippen molar-refractivity contribution < 1.29 is 8.42 Å². The highest BCUT2D eigenvalue weighted by atomic mass is 32.2. The minimum absolute atomic E-state index is 0.0871. The van der Waals surface area contributed by atoms with E-state index in [9.17, 15) is 8.42 Å². The van der Waals surface area contributed by atoms with Crippen LogP contribution in [-0.2, 0) is 10.0 Å². The number of hydrogen-bond donors (Lipinski definition) is 1. The molecular weight excluding hydrogens is 286 g/mol. The van der Waals surface area contributed by atoms with E-state index in [1.807, 2.05) is 13.0 Å². The van der Waals surface area contributed by atoms with Crippen LogP contribution in [0.15, 0.2) is 23.2 Å². The molecule has 1 fully saturated rings. The molecule has 21 heavy (non-hydrogen) atoms. The highest BCUT2D eigenvalue weighted by Crippen LogP contribution is 2.31. The molecule has 1 heterocycles. The zero-order valence-corrected chi connectivity index (χ0v) is 13.3. The molecule has 1 aromatic rings. The Balaban J connectivity index is 1.87. The third-order valence-corrected chi connectivity index (χ3v) is 5.80. The van der Waals surface area contributed by atoms with Gasteiger partial charge in [-0.3, -0.25) is 0 Å². The Morgan fingerprint density at radius 2 is 2.00 bits per heavy atom. The van der Waals surface area contributed by atoms with Crippen molar-refractivity contribution in [2.75, 3.05) is 0 Å². The molecule has 116 valence electrons. The molecule has 1 saturated carbocycles. The molecular formula is C15H23N3O2S. The molecule has 3 rings (SSSR count). The molecule has 0 radical (unpaired) electrons. The average molecular weight is 309 g/mol. The Bertz CT molecular complexity index is 627. The van der Waals surface area contributed by atoms with Gasteiger partial charge in [-0.15, -0.1) is 0 Å². The van der Waals surface area contributed by atoms with E-state index in [0.29, 0.717) is 5.03 Å². The largest absolute Gasteiger partial charge is 0.258 e. The summed E-state index contributed by atoms with van der Waals surface area (Å²) in [5.74, 6) is 0. The maximum absolute atomic E-state index is 12.7. The number of rotatable bonds is 4. The third kappa shape index (κ3) is 3.21. The number of aromatic nitrogens is 2. The van der Waals surface area contributed by atoms with Crippen LogP contribution in [-0.4, -0.2) is 24.2 Å². The lowest BCUT2D eigenvalue weighted by Gasteiger charge is -2.19. The van der Waals surface area contributed by atoms with Crippen LogP contribution in [0.1, 0.15) is 56.7 Å². The first-order chi connectivity index (χ1) is 10.1. The lowest BCUT2D eigenvalue weighted by Crippen LogP contribution is -2.35. The van der Waals surface area contributed by atoms with Gasteiger partial charge < -0.3 is 0 Å². The van der Waals surface area contributed by atoms with Gasteiger partial charge in [0, 0.05) is 6.04 Å². The normalized spacial score (nSPS) is 23.8. The zero-order chi connectivity index (χ0) is 14.9. The Morgan fingerprint density at radius 1 is 1.24 bits per heavy atom. The van der Waals surface area contributed by atoms with Gasteiger partial charge in [0.15, 0.2) is 5.03 Å². The summed E-state index contributed by atoms with van der Waals surface area (Å²) in [6, 6.07) is 1.83. The van der Waals surface area contributed by atoms with Crippen molar-refractivity contribution in [1.29, 1.82) is 0 Å². The van der Waals surface area contributed by atoms with E-state index >= 15 is 0 Å². The Morgan fingerprint density at radius 3 is 2.67 bits per heavy atom. The van der Waals surface area contributed by atoms with Crippen LogP contribution in [0.25, 0.3) is 0 Å². The molecule has 0 amide bonds. The van der Waals surface area contributed by atoms with Gasteiger partial charge in [0.1, 0.15) is 0 Å². The van der Waals surface area contributed by atoms with Crippen molar-refractivity contribution in [3.8, 4) is 0 Å². The number of nitrogens with one attached hydrogen (secondary N) is 1. The van der Waals surface area contributed by atoms with Crippen molar-refractivity contribution in [1.82, 2.24) is 14.5 Å². The van der Waals surface area contributed by atoms with E-state index < -0.39 is 10.0 Å². The number of aryl methyl sites for hydroxylation is 1. The fourth-order valence-corrected chi connectivity index (χ4v) is 4.75. The summed E-state index contributed by atoms with van der Waals surface area (Å²) < 4.78 is 29.9. The van der Waals surface area contributed by atoms with Crippen LogP contribution in [0.5, 0.6) is 0 Å². The van der Waals surface area contributed by atoms with Crippen LogP contribution in [0.4, 0.5) is 0 Å². The van der Waals surface area contributed by atoms with E-state index in [0.717, 1.165) is 50.6 Å². The maximum Gasteiger partial charge on any atom is 0.258 e. The van der Waals surface area contributed by atoms with Gasteiger partial charge in [0.2, 0.25) is 0 Å². The molecule has 0 spiro atoms. The molecule has 2 aliphatic rings. The summed E-state index contributed by atoms with van der Waals surface area (Å²) in [6.07, 6.45) is 11.3. The van der Waals surface area contributed by atoms with Gasteiger partial charge in [-0.25, -0.2) is 17.8 Å². The Kier molecular flexibility index (Phi) is 4.17. The molecule has 5 nitrogen and oxygen atoms in total. The molecule has 1 atom stereocenters. The molecule has 2 aliphatic carbocycles. The highest BCUT2D eigenvalue weighted by molar-refractivity contribution is 7.89. The molecule has 0 bridgehead atoms. The van der Waals surface area contributed by atoms with Crippen LogP contribution >= 0.6 is 0 Å². The fourth-order valence-electron chi connectivity index (χ4n) is 3.27. The van der Waals surface area contributed by atoms with Gasteiger partial charge in [-0.2, -0.15) is 5.10 Å². The number of allylic oxidation sites excluding steroid dienone is 1. The molecule has 1 unspecified atom stereocenters. The Labute approximate surface area is 126 Å². The minimum atomic E-state index is -3.51. The van der Waals surface area contributed by atoms with Crippen LogP contribution in [0.3, 0.4) is 0 Å². The SMILES string of the molecule is Cc1cc(S(=O)(=O)NC2C=CCCC2)n(C2CCCC2)n1. The van der Waals surface area contributed by atoms with E-state index in [1.54, 1.807) is 10.7 Å². The fraction of sp³-hybridized carbons (Fsp3) is 0.667. The van der Waals surface area contributed by atoms with E-state index in [1.165, 1.54) is 0 Å². The summed E-state index contributed by atoms with van der Waals surface area (Å²) in [6.45, 7) is 1.85. The lowest BCUT2D eigenvalue weighted by atomic mass is 10.0. The molecule has 1 aromatic heterocycles. The number of hydrogen-bond acceptors (Lipinski definition) is 3. The van der Waals surface area contributed by atoms with Crippen LogP contribution in [0, 0.1) is 6.92 Å². The quantitative estimate of drug-likeness (QED) is 0.870. The van der Waals surface area contributed by atoms with Gasteiger partial charge in [0.05, 0.1) is 11.7 Å². The maximum atomic E-state index is 12.7. The topological polar surface area (TPSA) is 64.0 Å². The summed E-state index contributed by atoms with van der Waals surface area (Å²) >= 11 is 0. The predicted octanol–water partition coefficient (Wildman–Crippen LogP) is 2.69. The standard InChI is InChI=1S/C15H23N3O2S/c1-12-11-15(18(16-12)14-9-5-6-10-14)21(19,20)17-13-7-3-2-4-8-13/h3,7,11,13-14,17H,2,4-6,8-10H2,1H3. The van der Waals surface area contributed by atoms with Gasteiger partial charge in [0.25, 0.3) is 10.0 Å². The average Bonchev–Trinajstić information content (AvgIpc) is 3.08. The second-order valence-corrected chi connectivity index (χ2v) is 7.75. The summed E-state index contributed by atoms with van der Waals surface area (Å²) in [7, 11) is -3.51. The minimum Gasteiger partial charge on any atom is -0.250 e. The predicted molar refractivity (Wildman–Crippen MR) is 81.6 cm³/mol. The first-order valence-electron chi connectivity index (χ1n) is 7.81. The van der Waals surface area contributed by atoms with Crippen molar-refractivity contribution in [2.45, 2.75) is 69.0 Å². The van der Waals surface area contributed by atoms with Crippen molar-refractivity contribution in [3.05, 3.63) is 23.9 Å². The molecule has 0 aliphatic heterocycles. The Hall–Kier alpha value is -1.14. The van der Waals surface area contributed by atoms with Crippen LogP contribution in [0.2, 0.25) is 0 Å². The second kappa shape index (κ2) is 5.93. The van der Waals surface area contributed by atoms with Gasteiger partial charge >= 0.3 is 0 Å². The lowest BCUT2D eigenvalue weighted by molar-refractivity contribution is 0.422. The first-order valence-corrected chi connectivity index (χ1v) is 9.30. The van der Waals surface area contributed by atoms with E-state index in [2.05, 4.69) is 15.9 Å². The molecule has 0 aromatic carbocycles. The smallest absolute Gasteiger partial charge is 0.250 e. The third-order valence-electron chi connectivity index (χ3n) is 4.33. The second-order valence-electron chi connectivity index (χ2n) is 6.09. The van der Waals surface area contributed by atoms with E-state index in [-0.39, 0.29) is 12.1 Å². The number of sulfonamides is 1. The summed E-state index contributed by atoms with van der Waals surface area (Å²) in [5, 5.41) is 4.76. The first kappa shape index (κ1) is 14.8. The van der Waals surface area contributed by atoms with Gasteiger partial charge in [-0.05, 0) is 45.1 Å². The van der Waals surface area contributed by atoms with Gasteiger partial charge in [-0.1, -0.05) is 25.0 Å². The highest BCUT2D eigenvalue weighted by Gasteiger charge is 2.28. The van der Waals surface area contributed by atoms with Crippen molar-refractivity contribution >= 4 is 10.0 Å². The molecule has 6 heteroatoms. The summed E-state index contributed by atoms with van der Waals surface area (Å²) in [5.41, 5.74) is 0.765.